The maximum absolute atomic E-state index is 11.8. The highest BCUT2D eigenvalue weighted by atomic mass is 16.6. The summed E-state index contributed by atoms with van der Waals surface area (Å²) in [5.41, 5.74) is 12.8. The van der Waals surface area contributed by atoms with Crippen LogP contribution in [0.3, 0.4) is 0 Å². The maximum Gasteiger partial charge on any atom is 0.249 e. The summed E-state index contributed by atoms with van der Waals surface area (Å²) < 4.78 is 22.8. The van der Waals surface area contributed by atoms with Gasteiger partial charge in [-0.25, -0.2) is 0 Å². The van der Waals surface area contributed by atoms with Crippen molar-refractivity contribution in [2.24, 2.45) is 11.5 Å². The van der Waals surface area contributed by atoms with Crippen molar-refractivity contribution in [1.29, 1.82) is 0 Å². The summed E-state index contributed by atoms with van der Waals surface area (Å²) in [6, 6.07) is 22.2. The van der Waals surface area contributed by atoms with E-state index in [4.69, 9.17) is 30.4 Å². The molecular formula is C26H28N2O6. The molecule has 4 N–H and O–H groups in total. The Morgan fingerprint density at radius 1 is 0.588 bits per heavy atom. The molecule has 8 heteroatoms. The summed E-state index contributed by atoms with van der Waals surface area (Å²) in [7, 11) is 0. The number of benzene rings is 3. The number of hydrogen-bond acceptors (Lipinski definition) is 6. The molecule has 3 rings (SSSR count). The summed E-state index contributed by atoms with van der Waals surface area (Å²) in [6.07, 6.45) is 0. The van der Waals surface area contributed by atoms with Crippen LogP contribution in [0.15, 0.2) is 72.8 Å². The van der Waals surface area contributed by atoms with Crippen molar-refractivity contribution in [2.75, 3.05) is 26.4 Å². The molecule has 0 unspecified atom stereocenters. The number of hydrogen-bond donors (Lipinski definition) is 2. The Morgan fingerprint density at radius 2 is 0.971 bits per heavy atom. The van der Waals surface area contributed by atoms with Crippen LogP contribution in [-0.4, -0.2) is 38.2 Å². The van der Waals surface area contributed by atoms with Gasteiger partial charge in [-0.2, -0.15) is 0 Å². The molecule has 0 heterocycles. The van der Waals surface area contributed by atoms with E-state index < -0.39 is 11.8 Å². The normalized spacial score (nSPS) is 10.6. The molecule has 0 saturated heterocycles. The number of carbonyl (C=O) groups is 2. The Kier molecular flexibility index (Phi) is 9.45. The van der Waals surface area contributed by atoms with Crippen LogP contribution in [0.4, 0.5) is 0 Å². The summed E-state index contributed by atoms with van der Waals surface area (Å²) in [5, 5.41) is 0. The van der Waals surface area contributed by atoms with Gasteiger partial charge in [-0.3, -0.25) is 9.59 Å². The van der Waals surface area contributed by atoms with E-state index in [9.17, 15) is 9.59 Å². The number of carbonyl (C=O) groups excluding carboxylic acids is 2. The van der Waals surface area contributed by atoms with Gasteiger partial charge in [0, 0.05) is 0 Å². The van der Waals surface area contributed by atoms with Crippen LogP contribution < -0.4 is 20.9 Å². The third kappa shape index (κ3) is 7.61. The summed E-state index contributed by atoms with van der Waals surface area (Å²) in [4.78, 5) is 23.7. The van der Waals surface area contributed by atoms with E-state index in [2.05, 4.69) is 0 Å². The van der Waals surface area contributed by atoms with Crippen molar-refractivity contribution in [3.8, 4) is 11.5 Å². The molecule has 0 atom stereocenters. The van der Waals surface area contributed by atoms with Gasteiger partial charge in [-0.15, -0.1) is 0 Å². The first kappa shape index (κ1) is 24.8. The standard InChI is InChI=1S/C26H28N2O6/c27-25(29)21-15-23(33-13-11-31-17-19-7-3-1-4-8-19)24(16-22(21)26(28)30)34-14-12-32-18-20-9-5-2-6-10-20/h1-10,15-16H,11-14,17-18H2,(H2,27,29)(H2,28,30). The fraction of sp³-hybridized carbons (Fsp3) is 0.231. The fourth-order valence-corrected chi connectivity index (χ4v) is 3.14. The van der Waals surface area contributed by atoms with Gasteiger partial charge < -0.3 is 30.4 Å². The molecular weight excluding hydrogens is 436 g/mol. The molecule has 0 fully saturated rings. The molecule has 0 spiro atoms. The van der Waals surface area contributed by atoms with Gasteiger partial charge in [0.1, 0.15) is 13.2 Å². The Bertz CT molecular complexity index is 987. The average Bonchev–Trinajstić information content (AvgIpc) is 2.85. The van der Waals surface area contributed by atoms with Crippen LogP contribution in [-0.2, 0) is 22.7 Å². The quantitative estimate of drug-likeness (QED) is 0.354. The first-order valence-electron chi connectivity index (χ1n) is 10.8. The lowest BCUT2D eigenvalue weighted by atomic mass is 10.1. The van der Waals surface area contributed by atoms with Gasteiger partial charge in [0.05, 0.1) is 37.6 Å². The Morgan fingerprint density at radius 3 is 1.32 bits per heavy atom. The molecule has 8 nitrogen and oxygen atoms in total. The first-order chi connectivity index (χ1) is 16.5. The minimum absolute atomic E-state index is 0.0413. The third-order valence-corrected chi connectivity index (χ3v) is 4.81. The average molecular weight is 465 g/mol. The molecule has 0 aliphatic heterocycles. The minimum Gasteiger partial charge on any atom is -0.487 e. The Labute approximate surface area is 198 Å². The van der Waals surface area contributed by atoms with Gasteiger partial charge >= 0.3 is 0 Å². The van der Waals surface area contributed by atoms with E-state index in [0.717, 1.165) is 11.1 Å². The van der Waals surface area contributed by atoms with Crippen molar-refractivity contribution in [3.63, 3.8) is 0 Å². The zero-order chi connectivity index (χ0) is 24.2. The zero-order valence-corrected chi connectivity index (χ0v) is 18.8. The fourth-order valence-electron chi connectivity index (χ4n) is 3.14. The molecule has 0 aliphatic carbocycles. The molecule has 3 aromatic rings. The second kappa shape index (κ2) is 13.0. The number of amides is 2. The van der Waals surface area contributed by atoms with E-state index in [1.165, 1.54) is 12.1 Å². The van der Waals surface area contributed by atoms with E-state index in [-0.39, 0.29) is 35.8 Å². The van der Waals surface area contributed by atoms with Gasteiger partial charge in [0.2, 0.25) is 11.8 Å². The Balaban J connectivity index is 1.59. The predicted molar refractivity (Wildman–Crippen MR) is 127 cm³/mol. The van der Waals surface area contributed by atoms with Crippen LogP contribution in [0.25, 0.3) is 0 Å². The smallest absolute Gasteiger partial charge is 0.249 e. The lowest BCUT2D eigenvalue weighted by Crippen LogP contribution is -2.21. The highest BCUT2D eigenvalue weighted by Gasteiger charge is 2.19. The van der Waals surface area contributed by atoms with Crippen molar-refractivity contribution >= 4 is 11.8 Å². The predicted octanol–water partition coefficient (Wildman–Crippen LogP) is 3.08. The SMILES string of the molecule is NC(=O)c1cc(OCCOCc2ccccc2)c(OCCOCc2ccccc2)cc1C(N)=O. The maximum atomic E-state index is 11.8. The van der Waals surface area contributed by atoms with E-state index in [1.807, 2.05) is 60.7 Å². The third-order valence-electron chi connectivity index (χ3n) is 4.81. The summed E-state index contributed by atoms with van der Waals surface area (Å²) >= 11 is 0. The minimum atomic E-state index is -0.795. The highest BCUT2D eigenvalue weighted by molar-refractivity contribution is 6.06. The highest BCUT2D eigenvalue weighted by Crippen LogP contribution is 2.31. The molecule has 0 aromatic heterocycles. The van der Waals surface area contributed by atoms with Crippen molar-refractivity contribution in [2.45, 2.75) is 13.2 Å². The summed E-state index contributed by atoms with van der Waals surface area (Å²) in [6.45, 7) is 1.89. The van der Waals surface area contributed by atoms with Gasteiger partial charge in [-0.1, -0.05) is 60.7 Å². The molecule has 34 heavy (non-hydrogen) atoms. The van der Waals surface area contributed by atoms with Crippen molar-refractivity contribution in [3.05, 3.63) is 95.1 Å². The Hall–Kier alpha value is -3.88. The van der Waals surface area contributed by atoms with Crippen molar-refractivity contribution in [1.82, 2.24) is 0 Å². The zero-order valence-electron chi connectivity index (χ0n) is 18.8. The van der Waals surface area contributed by atoms with E-state index in [1.54, 1.807) is 0 Å². The lowest BCUT2D eigenvalue weighted by molar-refractivity contribution is 0.0803. The molecule has 3 aromatic carbocycles. The largest absolute Gasteiger partial charge is 0.487 e. The second-order valence-corrected chi connectivity index (χ2v) is 7.35. The van der Waals surface area contributed by atoms with Gasteiger partial charge in [-0.05, 0) is 23.3 Å². The van der Waals surface area contributed by atoms with E-state index in [0.29, 0.717) is 26.4 Å². The topological polar surface area (TPSA) is 123 Å². The van der Waals surface area contributed by atoms with Gasteiger partial charge in [0.25, 0.3) is 0 Å². The second-order valence-electron chi connectivity index (χ2n) is 7.35. The lowest BCUT2D eigenvalue weighted by Gasteiger charge is -2.16. The molecule has 0 bridgehead atoms. The first-order valence-corrected chi connectivity index (χ1v) is 10.8. The molecule has 0 saturated carbocycles. The molecule has 0 aliphatic rings. The van der Waals surface area contributed by atoms with Crippen molar-refractivity contribution < 1.29 is 28.5 Å². The van der Waals surface area contributed by atoms with Crippen LogP contribution in [0.1, 0.15) is 31.8 Å². The number of ether oxygens (including phenoxy) is 4. The molecule has 2 amide bonds. The monoisotopic (exact) mass is 464 g/mol. The number of primary amides is 2. The van der Waals surface area contributed by atoms with Gasteiger partial charge in [0.15, 0.2) is 11.5 Å². The van der Waals surface area contributed by atoms with Crippen LogP contribution in [0.5, 0.6) is 11.5 Å². The van der Waals surface area contributed by atoms with Crippen LogP contribution in [0.2, 0.25) is 0 Å². The van der Waals surface area contributed by atoms with Crippen LogP contribution in [0, 0.1) is 0 Å². The molecule has 178 valence electrons. The molecule has 0 radical (unpaired) electrons. The van der Waals surface area contributed by atoms with Crippen LogP contribution >= 0.6 is 0 Å². The number of rotatable bonds is 14. The van der Waals surface area contributed by atoms with E-state index >= 15 is 0 Å². The summed E-state index contributed by atoms with van der Waals surface area (Å²) in [5.74, 6) is -1.08. The number of nitrogens with two attached hydrogens (primary N) is 2.